The minimum absolute atomic E-state index is 0.741. The maximum absolute atomic E-state index is 10.6. The van der Waals surface area contributed by atoms with Gasteiger partial charge in [0.1, 0.15) is 73.2 Å². The molecule has 0 radical (unpaired) electrons. The molecule has 34 heavy (non-hydrogen) atoms. The van der Waals surface area contributed by atoms with Crippen molar-refractivity contribution in [3.8, 4) is 0 Å². The summed E-state index contributed by atoms with van der Waals surface area (Å²) < 4.78 is 26.4. The van der Waals surface area contributed by atoms with E-state index in [2.05, 4.69) is 0 Å². The van der Waals surface area contributed by atoms with Crippen molar-refractivity contribution in [2.24, 2.45) is 0 Å². The molecule has 0 amide bonds. The second-order valence-electron chi connectivity index (χ2n) is 8.33. The van der Waals surface area contributed by atoms with Gasteiger partial charge in [0.25, 0.3) is 0 Å². The summed E-state index contributed by atoms with van der Waals surface area (Å²) in [6, 6.07) is 0. The number of rotatable bonds is 7. The predicted octanol–water partition coefficient (Wildman–Crippen LogP) is -7.57. The second kappa shape index (κ2) is 11.6. The predicted molar refractivity (Wildman–Crippen MR) is 101 cm³/mol. The molecule has 0 bridgehead atoms. The number of aliphatic hydroxyl groups excluding tert-OH is 11. The quantitative estimate of drug-likeness (QED) is 0.154. The van der Waals surface area contributed by atoms with Gasteiger partial charge >= 0.3 is 0 Å². The number of ether oxygens (including phenoxy) is 5. The number of hydrogen-bond acceptors (Lipinski definition) is 16. The maximum Gasteiger partial charge on any atom is 0.187 e. The first-order chi connectivity index (χ1) is 16.0. The van der Waals surface area contributed by atoms with Gasteiger partial charge in [0.05, 0.1) is 19.8 Å². The van der Waals surface area contributed by atoms with Crippen LogP contribution in [0.2, 0.25) is 0 Å². The van der Waals surface area contributed by atoms with Crippen LogP contribution in [0.1, 0.15) is 0 Å². The van der Waals surface area contributed by atoms with Gasteiger partial charge < -0.3 is 79.9 Å². The van der Waals surface area contributed by atoms with Crippen molar-refractivity contribution >= 4 is 0 Å². The lowest BCUT2D eigenvalue weighted by atomic mass is 9.96. The molecule has 3 aliphatic heterocycles. The van der Waals surface area contributed by atoms with Gasteiger partial charge in [-0.15, -0.1) is 0 Å². The fraction of sp³-hybridized carbons (Fsp3) is 1.00. The van der Waals surface area contributed by atoms with E-state index in [1.54, 1.807) is 0 Å². The van der Waals surface area contributed by atoms with Crippen molar-refractivity contribution in [3.63, 3.8) is 0 Å². The van der Waals surface area contributed by atoms with Gasteiger partial charge in [-0.1, -0.05) is 0 Å². The highest BCUT2D eigenvalue weighted by atomic mass is 16.8. The summed E-state index contributed by atoms with van der Waals surface area (Å²) in [5.41, 5.74) is 0. The smallest absolute Gasteiger partial charge is 0.187 e. The monoisotopic (exact) mass is 504 g/mol. The van der Waals surface area contributed by atoms with Crippen molar-refractivity contribution in [1.82, 2.24) is 0 Å². The van der Waals surface area contributed by atoms with E-state index in [4.69, 9.17) is 23.7 Å². The van der Waals surface area contributed by atoms with Gasteiger partial charge in [0.2, 0.25) is 0 Å². The van der Waals surface area contributed by atoms with E-state index in [1.165, 1.54) is 0 Å². The Hall–Kier alpha value is -0.640. The molecular weight excluding hydrogens is 472 g/mol. The Kier molecular flexibility index (Phi) is 9.54. The summed E-state index contributed by atoms with van der Waals surface area (Å²) in [7, 11) is 0. The molecule has 3 rings (SSSR count). The summed E-state index contributed by atoms with van der Waals surface area (Å²) in [6.07, 6.45) is -25.1. The molecule has 3 saturated heterocycles. The minimum Gasteiger partial charge on any atom is -0.394 e. The molecule has 0 aromatic heterocycles. The standard InChI is InChI=1S/C18H32O16/c19-1-4-7(22)8(23)12(27)17(31-4)34-15-6(3-21)32-18(13(28)10(15)25)33-14-5(2-20)30-16(29)11(26)9(14)24/h4-29H,1-3H2/t4?,5?,6?,7-,8-,9+,10+,11?,12?,13?,14-,15-,16+,17-,18-/m0/s1. The average Bonchev–Trinajstić information content (AvgIpc) is 2.83. The Morgan fingerprint density at radius 1 is 0.441 bits per heavy atom. The van der Waals surface area contributed by atoms with Gasteiger partial charge in [-0.25, -0.2) is 0 Å². The maximum atomic E-state index is 10.6. The van der Waals surface area contributed by atoms with Crippen LogP contribution in [0.4, 0.5) is 0 Å². The Bertz CT molecular complexity index is 635. The molecule has 3 heterocycles. The molecular formula is C18H32O16. The third kappa shape index (κ3) is 5.37. The first-order valence-corrected chi connectivity index (χ1v) is 10.6. The highest BCUT2D eigenvalue weighted by molar-refractivity contribution is 4.96. The van der Waals surface area contributed by atoms with Crippen LogP contribution < -0.4 is 0 Å². The lowest BCUT2D eigenvalue weighted by molar-refractivity contribution is -0.377. The van der Waals surface area contributed by atoms with Crippen molar-refractivity contribution < 1.29 is 79.9 Å². The summed E-state index contributed by atoms with van der Waals surface area (Å²) >= 11 is 0. The molecule has 3 fully saturated rings. The molecule has 6 unspecified atom stereocenters. The molecule has 0 aliphatic carbocycles. The normalized spacial score (nSPS) is 52.5. The fourth-order valence-corrected chi connectivity index (χ4v) is 4.06. The fourth-order valence-electron chi connectivity index (χ4n) is 4.06. The van der Waals surface area contributed by atoms with Crippen LogP contribution in [0.25, 0.3) is 0 Å². The van der Waals surface area contributed by atoms with E-state index < -0.39 is 112 Å². The van der Waals surface area contributed by atoms with Crippen molar-refractivity contribution in [1.29, 1.82) is 0 Å². The molecule has 200 valence electrons. The Balaban J connectivity index is 1.72. The first kappa shape index (κ1) is 27.9. The number of aliphatic hydroxyl groups is 11. The van der Waals surface area contributed by atoms with Crippen molar-refractivity contribution in [2.75, 3.05) is 19.8 Å². The van der Waals surface area contributed by atoms with E-state index in [0.717, 1.165) is 0 Å². The first-order valence-electron chi connectivity index (χ1n) is 10.6. The zero-order valence-electron chi connectivity index (χ0n) is 17.7. The topological polar surface area (TPSA) is 269 Å². The molecule has 0 saturated carbocycles. The Morgan fingerprint density at radius 3 is 1.35 bits per heavy atom. The Morgan fingerprint density at radius 2 is 0.853 bits per heavy atom. The van der Waals surface area contributed by atoms with E-state index in [9.17, 15) is 56.2 Å². The summed E-state index contributed by atoms with van der Waals surface area (Å²) in [5, 5.41) is 109. The van der Waals surface area contributed by atoms with Crippen LogP contribution in [0, 0.1) is 0 Å². The summed E-state index contributed by atoms with van der Waals surface area (Å²) in [4.78, 5) is 0. The second-order valence-corrected chi connectivity index (χ2v) is 8.33. The molecule has 0 aromatic carbocycles. The van der Waals surface area contributed by atoms with Crippen LogP contribution in [0.5, 0.6) is 0 Å². The van der Waals surface area contributed by atoms with Gasteiger partial charge in [-0.3, -0.25) is 0 Å². The van der Waals surface area contributed by atoms with E-state index in [1.807, 2.05) is 0 Å². The van der Waals surface area contributed by atoms with Gasteiger partial charge in [-0.05, 0) is 0 Å². The molecule has 3 aliphatic rings. The Labute approximate surface area is 192 Å². The molecule has 11 N–H and O–H groups in total. The molecule has 16 nitrogen and oxygen atoms in total. The van der Waals surface area contributed by atoms with E-state index >= 15 is 0 Å². The number of hydrogen-bond donors (Lipinski definition) is 11. The van der Waals surface area contributed by atoms with Gasteiger partial charge in [0, 0.05) is 0 Å². The van der Waals surface area contributed by atoms with Gasteiger partial charge in [0.15, 0.2) is 18.9 Å². The van der Waals surface area contributed by atoms with E-state index in [-0.39, 0.29) is 0 Å². The zero-order valence-corrected chi connectivity index (χ0v) is 17.7. The third-order valence-electron chi connectivity index (χ3n) is 6.09. The van der Waals surface area contributed by atoms with Crippen LogP contribution in [0.15, 0.2) is 0 Å². The molecule has 16 heteroatoms. The molecule has 0 spiro atoms. The van der Waals surface area contributed by atoms with Gasteiger partial charge in [-0.2, -0.15) is 0 Å². The van der Waals surface area contributed by atoms with Crippen LogP contribution in [-0.2, 0) is 23.7 Å². The molecule has 15 atom stereocenters. The van der Waals surface area contributed by atoms with E-state index in [0.29, 0.717) is 0 Å². The van der Waals surface area contributed by atoms with Crippen LogP contribution >= 0.6 is 0 Å². The molecule has 0 aromatic rings. The summed E-state index contributed by atoms with van der Waals surface area (Å²) in [6.45, 7) is -2.32. The highest BCUT2D eigenvalue weighted by Crippen LogP contribution is 2.32. The van der Waals surface area contributed by atoms with Crippen LogP contribution in [0.3, 0.4) is 0 Å². The zero-order chi connectivity index (χ0) is 25.3. The third-order valence-corrected chi connectivity index (χ3v) is 6.09. The SMILES string of the molecule is OCC1O[C@@H](O[C@H]2C(CO)O[C@@H](O[C@H]3C(CO)O[C@@H](O)C(O)[C@H]3O)C(O)[C@H]2O)C(O)[C@@H](O)[C@H]1O. The average molecular weight is 504 g/mol. The summed E-state index contributed by atoms with van der Waals surface area (Å²) in [5.74, 6) is 0. The lowest BCUT2D eigenvalue weighted by Gasteiger charge is -2.47. The van der Waals surface area contributed by atoms with Crippen molar-refractivity contribution in [2.45, 2.75) is 92.1 Å². The lowest BCUT2D eigenvalue weighted by Crippen LogP contribution is -2.66. The van der Waals surface area contributed by atoms with Crippen LogP contribution in [-0.4, -0.2) is 168 Å². The largest absolute Gasteiger partial charge is 0.394 e. The minimum atomic E-state index is -1.91. The van der Waals surface area contributed by atoms with Crippen molar-refractivity contribution in [3.05, 3.63) is 0 Å². The highest BCUT2D eigenvalue weighted by Gasteiger charge is 2.53.